The van der Waals surface area contributed by atoms with Crippen LogP contribution in [0.1, 0.15) is 24.5 Å². The lowest BCUT2D eigenvalue weighted by molar-refractivity contribution is -0.00000783. The van der Waals surface area contributed by atoms with Crippen LogP contribution in [-0.4, -0.2) is 11.3 Å². The van der Waals surface area contributed by atoms with Crippen molar-refractivity contribution < 1.29 is 29.1 Å². The lowest BCUT2D eigenvalue weighted by Gasteiger charge is -2.28. The van der Waals surface area contributed by atoms with Crippen molar-refractivity contribution in [3.8, 4) is 0 Å². The molecule has 0 spiro atoms. The average molecular weight is 573 g/mol. The van der Waals surface area contributed by atoms with Gasteiger partial charge in [0.1, 0.15) is 23.2 Å². The highest BCUT2D eigenvalue weighted by Gasteiger charge is 2.44. The SMILES string of the molecule is OC(CCC[P+](c1ccccc1)(c1ccccc1)c1ccccc1)c1ccc(Cl)cc1.[I-]. The molecule has 0 aliphatic carbocycles. The highest BCUT2D eigenvalue weighted by atomic mass is 127. The van der Waals surface area contributed by atoms with E-state index in [4.69, 9.17) is 11.6 Å². The first-order valence-electron chi connectivity index (χ1n) is 10.7. The first-order valence-corrected chi connectivity index (χ1v) is 13.0. The summed E-state index contributed by atoms with van der Waals surface area (Å²) in [6.07, 6.45) is 2.17. The van der Waals surface area contributed by atoms with Crippen LogP contribution in [0.25, 0.3) is 0 Å². The summed E-state index contributed by atoms with van der Waals surface area (Å²) in [5.41, 5.74) is 0.924. The number of hydrogen-bond acceptors (Lipinski definition) is 1. The highest BCUT2D eigenvalue weighted by molar-refractivity contribution is 7.95. The van der Waals surface area contributed by atoms with Crippen LogP contribution in [0.4, 0.5) is 0 Å². The van der Waals surface area contributed by atoms with Crippen molar-refractivity contribution in [2.24, 2.45) is 0 Å². The summed E-state index contributed by atoms with van der Waals surface area (Å²) in [6.45, 7) is 0. The van der Waals surface area contributed by atoms with E-state index in [9.17, 15) is 5.11 Å². The molecule has 4 aromatic rings. The predicted octanol–water partition coefficient (Wildman–Crippen LogP) is 3.15. The Bertz CT molecular complexity index is 976. The van der Waals surface area contributed by atoms with Crippen LogP contribution in [0.2, 0.25) is 5.02 Å². The van der Waals surface area contributed by atoms with Gasteiger partial charge in [-0.2, -0.15) is 0 Å². The molecule has 0 amide bonds. The van der Waals surface area contributed by atoms with E-state index in [1.807, 2.05) is 24.3 Å². The lowest BCUT2D eigenvalue weighted by Crippen LogP contribution is -3.00. The Hall–Kier alpha value is -1.71. The summed E-state index contributed by atoms with van der Waals surface area (Å²) >= 11 is 6.01. The number of aliphatic hydroxyl groups excluding tert-OH is 1. The molecule has 0 aliphatic rings. The molecular weight excluding hydrogens is 546 g/mol. The minimum Gasteiger partial charge on any atom is -1.00 e. The molecule has 1 N–H and O–H groups in total. The fourth-order valence-electron chi connectivity index (χ4n) is 4.26. The van der Waals surface area contributed by atoms with Crippen LogP contribution in [0, 0.1) is 0 Å². The number of aliphatic hydroxyl groups is 1. The van der Waals surface area contributed by atoms with Gasteiger partial charge in [-0.1, -0.05) is 78.3 Å². The smallest absolute Gasteiger partial charge is 0.112 e. The van der Waals surface area contributed by atoms with Crippen molar-refractivity contribution in [1.82, 2.24) is 0 Å². The van der Waals surface area contributed by atoms with E-state index < -0.39 is 13.4 Å². The van der Waals surface area contributed by atoms with Gasteiger partial charge in [0.05, 0.1) is 12.3 Å². The third kappa shape index (κ3) is 5.61. The molecule has 1 unspecified atom stereocenters. The Morgan fingerprint density at radius 1 is 0.625 bits per heavy atom. The minimum absolute atomic E-state index is 0. The van der Waals surface area contributed by atoms with Crippen molar-refractivity contribution in [3.63, 3.8) is 0 Å². The molecular formula is C28H27ClIOP. The van der Waals surface area contributed by atoms with Gasteiger partial charge in [0, 0.05) is 5.02 Å². The molecule has 4 heteroatoms. The van der Waals surface area contributed by atoms with E-state index in [0.29, 0.717) is 5.02 Å². The Morgan fingerprint density at radius 2 is 1.03 bits per heavy atom. The van der Waals surface area contributed by atoms with E-state index in [2.05, 4.69) is 91.0 Å². The number of hydrogen-bond donors (Lipinski definition) is 1. The topological polar surface area (TPSA) is 20.2 Å². The Labute approximate surface area is 213 Å². The summed E-state index contributed by atoms with van der Waals surface area (Å²) in [7, 11) is -1.84. The summed E-state index contributed by atoms with van der Waals surface area (Å²) in [5, 5.41) is 15.6. The molecule has 0 bridgehead atoms. The first kappa shape index (κ1) is 24.9. The van der Waals surface area contributed by atoms with Crippen LogP contribution >= 0.6 is 18.9 Å². The van der Waals surface area contributed by atoms with Gasteiger partial charge in [0.2, 0.25) is 0 Å². The molecule has 0 saturated carbocycles. The van der Waals surface area contributed by atoms with Crippen molar-refractivity contribution in [2.45, 2.75) is 18.9 Å². The third-order valence-corrected chi connectivity index (χ3v) is 10.6. The van der Waals surface area contributed by atoms with E-state index >= 15 is 0 Å². The van der Waals surface area contributed by atoms with Gasteiger partial charge in [-0.05, 0) is 66.9 Å². The van der Waals surface area contributed by atoms with Gasteiger partial charge < -0.3 is 29.1 Å². The maximum absolute atomic E-state index is 10.8. The molecule has 1 atom stereocenters. The molecule has 32 heavy (non-hydrogen) atoms. The van der Waals surface area contributed by atoms with Crippen molar-refractivity contribution in [3.05, 3.63) is 126 Å². The monoisotopic (exact) mass is 572 g/mol. The lowest BCUT2D eigenvalue weighted by atomic mass is 10.1. The molecule has 0 aliphatic heterocycles. The fraction of sp³-hybridized carbons (Fsp3) is 0.143. The maximum Gasteiger partial charge on any atom is 0.112 e. The van der Waals surface area contributed by atoms with Gasteiger partial charge in [-0.25, -0.2) is 0 Å². The van der Waals surface area contributed by atoms with Gasteiger partial charge >= 0.3 is 0 Å². The zero-order chi connectivity index (χ0) is 21.5. The van der Waals surface area contributed by atoms with E-state index in [0.717, 1.165) is 24.6 Å². The zero-order valence-corrected chi connectivity index (χ0v) is 21.6. The molecule has 4 rings (SSSR count). The van der Waals surface area contributed by atoms with Crippen LogP contribution < -0.4 is 39.9 Å². The molecule has 1 nitrogen and oxygen atoms in total. The first-order chi connectivity index (χ1) is 15.2. The molecule has 0 fully saturated rings. The maximum atomic E-state index is 10.8. The summed E-state index contributed by atoms with van der Waals surface area (Å²) in [6, 6.07) is 40.2. The average Bonchev–Trinajstić information content (AvgIpc) is 2.84. The van der Waals surface area contributed by atoms with Crippen molar-refractivity contribution in [2.75, 3.05) is 6.16 Å². The van der Waals surface area contributed by atoms with E-state index in [1.54, 1.807) is 0 Å². The quantitative estimate of drug-likeness (QED) is 0.254. The second kappa shape index (κ2) is 12.0. The van der Waals surface area contributed by atoms with Crippen LogP contribution in [0.3, 0.4) is 0 Å². The Morgan fingerprint density at radius 3 is 1.44 bits per heavy atom. The standard InChI is InChI=1S/C28H27ClOP.HI/c29-24-20-18-23(19-21-24)28(30)17-10-22-31(25-11-4-1-5-12-25,26-13-6-2-7-14-26)27-15-8-3-9-16-27;/h1-9,11-16,18-21,28,30H,10,17,22H2;1H/q+1;/p-1. The zero-order valence-electron chi connectivity index (χ0n) is 17.8. The van der Waals surface area contributed by atoms with Crippen molar-refractivity contribution >= 4 is 34.8 Å². The number of benzene rings is 4. The molecule has 0 radical (unpaired) electrons. The van der Waals surface area contributed by atoms with Gasteiger partial charge in [-0.15, -0.1) is 0 Å². The van der Waals surface area contributed by atoms with E-state index in [-0.39, 0.29) is 24.0 Å². The molecule has 0 aromatic heterocycles. The summed E-state index contributed by atoms with van der Waals surface area (Å²) in [4.78, 5) is 0. The second-order valence-corrected chi connectivity index (χ2v) is 11.8. The fourth-order valence-corrected chi connectivity index (χ4v) is 8.75. The Kier molecular flexibility index (Phi) is 9.31. The number of halogens is 2. The molecule has 0 saturated heterocycles. The largest absolute Gasteiger partial charge is 1.00 e. The highest BCUT2D eigenvalue weighted by Crippen LogP contribution is 2.56. The Balaban J connectivity index is 0.00000289. The molecule has 164 valence electrons. The summed E-state index contributed by atoms with van der Waals surface area (Å²) in [5.74, 6) is 0. The predicted molar refractivity (Wildman–Crippen MR) is 136 cm³/mol. The van der Waals surface area contributed by atoms with E-state index in [1.165, 1.54) is 15.9 Å². The number of rotatable bonds is 8. The van der Waals surface area contributed by atoms with Crippen LogP contribution in [0.5, 0.6) is 0 Å². The van der Waals surface area contributed by atoms with Crippen LogP contribution in [0.15, 0.2) is 115 Å². The van der Waals surface area contributed by atoms with Gasteiger partial charge in [-0.3, -0.25) is 0 Å². The van der Waals surface area contributed by atoms with Crippen LogP contribution in [-0.2, 0) is 0 Å². The third-order valence-electron chi connectivity index (χ3n) is 5.82. The molecule has 0 heterocycles. The van der Waals surface area contributed by atoms with Gasteiger partial charge in [0.15, 0.2) is 0 Å². The van der Waals surface area contributed by atoms with Gasteiger partial charge in [0.25, 0.3) is 0 Å². The normalized spacial score (nSPS) is 12.1. The molecule has 4 aromatic carbocycles. The second-order valence-electron chi connectivity index (χ2n) is 7.75. The summed E-state index contributed by atoms with van der Waals surface area (Å²) < 4.78 is 0. The minimum atomic E-state index is -1.84. The van der Waals surface area contributed by atoms with Crippen molar-refractivity contribution in [1.29, 1.82) is 0 Å².